The van der Waals surface area contributed by atoms with Crippen molar-refractivity contribution in [1.82, 2.24) is 0 Å². The molecule has 68 valence electrons. The van der Waals surface area contributed by atoms with Gasteiger partial charge in [0.05, 0.1) is 0 Å². The Labute approximate surface area is 80.7 Å². The zero-order chi connectivity index (χ0) is 9.68. The van der Waals surface area contributed by atoms with Gasteiger partial charge in [-0.1, -0.05) is 48.6 Å². The maximum absolute atomic E-state index is 3.96. The first kappa shape index (κ1) is 9.79. The normalized spacial score (nSPS) is 28.6. The quantitative estimate of drug-likeness (QED) is 0.519. The Morgan fingerprint density at radius 2 is 1.69 bits per heavy atom. The highest BCUT2D eigenvalue weighted by molar-refractivity contribution is 5.35. The van der Waals surface area contributed by atoms with E-state index in [4.69, 9.17) is 0 Å². The minimum atomic E-state index is 0.938. The van der Waals surface area contributed by atoms with Crippen molar-refractivity contribution in [3.05, 3.63) is 59.8 Å². The molecule has 13 heavy (non-hydrogen) atoms. The lowest BCUT2D eigenvalue weighted by Gasteiger charge is -2.00. The zero-order valence-corrected chi connectivity index (χ0v) is 8.38. The Bertz CT molecular complexity index is 309. The van der Waals surface area contributed by atoms with Crippen molar-refractivity contribution in [3.63, 3.8) is 0 Å². The summed E-state index contributed by atoms with van der Waals surface area (Å²) in [5.41, 5.74) is 3.75. The molecule has 1 aliphatic carbocycles. The molecule has 0 aromatic carbocycles. The van der Waals surface area contributed by atoms with Crippen LogP contribution in [0, 0.1) is 0 Å². The number of allylic oxidation sites excluding steroid dienone is 9. The van der Waals surface area contributed by atoms with Crippen LogP contribution in [-0.4, -0.2) is 0 Å². The van der Waals surface area contributed by atoms with Crippen LogP contribution in [-0.2, 0) is 0 Å². The van der Waals surface area contributed by atoms with Gasteiger partial charge in [-0.15, -0.1) is 0 Å². The van der Waals surface area contributed by atoms with E-state index in [1.807, 2.05) is 0 Å². The average Bonchev–Trinajstić information content (AvgIpc) is 2.12. The summed E-state index contributed by atoms with van der Waals surface area (Å²) in [6, 6.07) is 0. The lowest BCUT2D eigenvalue weighted by Crippen LogP contribution is -1.79. The molecule has 0 amide bonds. The summed E-state index contributed by atoms with van der Waals surface area (Å²) in [6.45, 7) is 8.20. The van der Waals surface area contributed by atoms with Gasteiger partial charge in [0.2, 0.25) is 0 Å². The fourth-order valence-electron chi connectivity index (χ4n) is 1.07. The lowest BCUT2D eigenvalue weighted by atomic mass is 10.1. The van der Waals surface area contributed by atoms with Crippen molar-refractivity contribution in [1.29, 1.82) is 0 Å². The van der Waals surface area contributed by atoms with Gasteiger partial charge in [0.1, 0.15) is 0 Å². The van der Waals surface area contributed by atoms with E-state index in [2.05, 4.69) is 56.9 Å². The molecule has 0 aromatic rings. The first-order valence-electron chi connectivity index (χ1n) is 4.56. The SMILES string of the molecule is C=C1C=C/C(C)=C(C)/C=C\C=C\C1. The topological polar surface area (TPSA) is 0 Å². The van der Waals surface area contributed by atoms with Crippen molar-refractivity contribution in [3.8, 4) is 0 Å². The summed E-state index contributed by atoms with van der Waals surface area (Å²) in [6.07, 6.45) is 13.5. The summed E-state index contributed by atoms with van der Waals surface area (Å²) in [5.74, 6) is 0. The largest absolute Gasteiger partial charge is 0.0955 e. The molecule has 0 saturated carbocycles. The summed E-state index contributed by atoms with van der Waals surface area (Å²) in [4.78, 5) is 0. The van der Waals surface area contributed by atoms with Crippen LogP contribution >= 0.6 is 0 Å². The predicted octanol–water partition coefficient (Wildman–Crippen LogP) is 3.95. The molecule has 0 radical (unpaired) electrons. The first-order valence-corrected chi connectivity index (χ1v) is 4.56. The molecule has 0 saturated heterocycles. The van der Waals surface area contributed by atoms with E-state index < -0.39 is 0 Å². The van der Waals surface area contributed by atoms with Crippen molar-refractivity contribution in [2.75, 3.05) is 0 Å². The van der Waals surface area contributed by atoms with E-state index in [9.17, 15) is 0 Å². The van der Waals surface area contributed by atoms with E-state index in [-0.39, 0.29) is 0 Å². The molecule has 0 spiro atoms. The van der Waals surface area contributed by atoms with E-state index in [1.54, 1.807) is 0 Å². The van der Waals surface area contributed by atoms with E-state index in [0.29, 0.717) is 0 Å². The number of rotatable bonds is 0. The second kappa shape index (κ2) is 4.66. The molecule has 0 heteroatoms. The molecular formula is C13H16. The summed E-state index contributed by atoms with van der Waals surface area (Å²) in [7, 11) is 0. The van der Waals surface area contributed by atoms with Crippen LogP contribution in [0.1, 0.15) is 20.3 Å². The molecule has 1 rings (SSSR count). The Morgan fingerprint density at radius 3 is 2.46 bits per heavy atom. The van der Waals surface area contributed by atoms with Crippen LogP contribution in [0.5, 0.6) is 0 Å². The van der Waals surface area contributed by atoms with Crippen molar-refractivity contribution < 1.29 is 0 Å². The Balaban J connectivity index is 2.96. The van der Waals surface area contributed by atoms with Crippen LogP contribution in [0.4, 0.5) is 0 Å². The fraction of sp³-hybridized carbons (Fsp3) is 0.231. The van der Waals surface area contributed by atoms with E-state index in [1.165, 1.54) is 11.1 Å². The van der Waals surface area contributed by atoms with Gasteiger partial charge < -0.3 is 0 Å². The zero-order valence-electron chi connectivity index (χ0n) is 8.38. The highest BCUT2D eigenvalue weighted by Crippen LogP contribution is 2.11. The van der Waals surface area contributed by atoms with Crippen LogP contribution < -0.4 is 0 Å². The maximum Gasteiger partial charge on any atom is -0.0100 e. The van der Waals surface area contributed by atoms with Gasteiger partial charge in [0.15, 0.2) is 0 Å². The van der Waals surface area contributed by atoms with Crippen molar-refractivity contribution in [2.45, 2.75) is 20.3 Å². The number of hydrogen-bond acceptors (Lipinski definition) is 0. The Kier molecular flexibility index (Phi) is 3.51. The number of hydrogen-bond donors (Lipinski definition) is 0. The van der Waals surface area contributed by atoms with Gasteiger partial charge >= 0.3 is 0 Å². The third kappa shape index (κ3) is 3.29. The van der Waals surface area contributed by atoms with Crippen molar-refractivity contribution >= 4 is 0 Å². The second-order valence-corrected chi connectivity index (χ2v) is 3.35. The van der Waals surface area contributed by atoms with Crippen LogP contribution in [0.25, 0.3) is 0 Å². The third-order valence-corrected chi connectivity index (χ3v) is 2.16. The molecule has 0 nitrogen and oxygen atoms in total. The average molecular weight is 172 g/mol. The standard InChI is InChI=1S/C13H16/c1-11-7-5-4-6-8-12(2)13(3)10-9-11/h4-6,8-10H,1,7H2,2-3H3/b5-4+,8-6-,10-9?,13-12+. The smallest absolute Gasteiger partial charge is 0.0100 e. The van der Waals surface area contributed by atoms with Crippen molar-refractivity contribution in [2.24, 2.45) is 0 Å². The van der Waals surface area contributed by atoms with Gasteiger partial charge in [0.25, 0.3) is 0 Å². The Hall–Kier alpha value is -1.30. The van der Waals surface area contributed by atoms with E-state index in [0.717, 1.165) is 12.0 Å². The maximum atomic E-state index is 3.96. The van der Waals surface area contributed by atoms with Crippen LogP contribution in [0.3, 0.4) is 0 Å². The Morgan fingerprint density at radius 1 is 1.00 bits per heavy atom. The molecule has 0 N–H and O–H groups in total. The molecule has 0 bridgehead atoms. The molecule has 0 atom stereocenters. The highest BCUT2D eigenvalue weighted by Gasteiger charge is 1.90. The minimum absolute atomic E-state index is 0.938. The summed E-state index contributed by atoms with van der Waals surface area (Å²) < 4.78 is 0. The first-order chi connectivity index (χ1) is 6.20. The van der Waals surface area contributed by atoms with Crippen LogP contribution in [0.15, 0.2) is 59.8 Å². The summed E-state index contributed by atoms with van der Waals surface area (Å²) in [5, 5.41) is 0. The minimum Gasteiger partial charge on any atom is -0.0955 e. The molecule has 0 heterocycles. The molecule has 0 aliphatic heterocycles. The molecule has 1 aliphatic rings. The molecular weight excluding hydrogens is 156 g/mol. The highest BCUT2D eigenvalue weighted by atomic mass is 14.0. The van der Waals surface area contributed by atoms with Gasteiger partial charge in [-0.05, 0) is 31.4 Å². The fourth-order valence-corrected chi connectivity index (χ4v) is 1.07. The summed E-state index contributed by atoms with van der Waals surface area (Å²) >= 11 is 0. The van der Waals surface area contributed by atoms with E-state index >= 15 is 0 Å². The molecule has 0 fully saturated rings. The van der Waals surface area contributed by atoms with Gasteiger partial charge in [0, 0.05) is 0 Å². The van der Waals surface area contributed by atoms with Gasteiger partial charge in [-0.3, -0.25) is 0 Å². The van der Waals surface area contributed by atoms with Gasteiger partial charge in [-0.2, -0.15) is 0 Å². The molecule has 0 unspecified atom stereocenters. The van der Waals surface area contributed by atoms with Gasteiger partial charge in [-0.25, -0.2) is 0 Å². The monoisotopic (exact) mass is 172 g/mol. The van der Waals surface area contributed by atoms with Crippen LogP contribution in [0.2, 0.25) is 0 Å². The second-order valence-electron chi connectivity index (χ2n) is 3.35. The third-order valence-electron chi connectivity index (χ3n) is 2.16. The lowest BCUT2D eigenvalue weighted by molar-refractivity contribution is 1.28. The predicted molar refractivity (Wildman–Crippen MR) is 59.6 cm³/mol. The molecule has 0 aromatic heterocycles.